The number of hydrogen-bond acceptors (Lipinski definition) is 4. The van der Waals surface area contributed by atoms with Gasteiger partial charge in [-0.2, -0.15) is 5.26 Å². The molecule has 2 aromatic rings. The molecule has 0 spiro atoms. The lowest BCUT2D eigenvalue weighted by Crippen LogP contribution is -2.28. The molecule has 1 N–H and O–H groups in total. The van der Waals surface area contributed by atoms with Crippen LogP contribution in [0.15, 0.2) is 41.8 Å². The summed E-state index contributed by atoms with van der Waals surface area (Å²) in [5.74, 6) is 0. The molecule has 1 heterocycles. The van der Waals surface area contributed by atoms with Crippen LogP contribution in [-0.4, -0.2) is 29.7 Å². The summed E-state index contributed by atoms with van der Waals surface area (Å²) in [5.41, 5.74) is 2.02. The van der Waals surface area contributed by atoms with Gasteiger partial charge in [0.2, 0.25) is 0 Å². The highest BCUT2D eigenvalue weighted by atomic mass is 32.1. The standard InChI is InChI=1S/C16H18N2OS/c17-11-15-10-16(20-13-15)12-18(8-9-19)7-6-14-4-2-1-3-5-14/h1-5,10,13,19H,6-9,12H2. The fraction of sp³-hybridized carbons (Fsp3) is 0.312. The Morgan fingerprint density at radius 3 is 2.65 bits per heavy atom. The van der Waals surface area contributed by atoms with Gasteiger partial charge >= 0.3 is 0 Å². The zero-order valence-corrected chi connectivity index (χ0v) is 12.1. The van der Waals surface area contributed by atoms with Gasteiger partial charge in [-0.3, -0.25) is 4.90 Å². The quantitative estimate of drug-likeness (QED) is 0.851. The molecule has 20 heavy (non-hydrogen) atoms. The Morgan fingerprint density at radius 1 is 1.20 bits per heavy atom. The molecule has 1 aromatic carbocycles. The van der Waals surface area contributed by atoms with E-state index in [4.69, 9.17) is 5.26 Å². The predicted octanol–water partition coefficient (Wildman–Crippen LogP) is 2.66. The zero-order valence-electron chi connectivity index (χ0n) is 11.3. The van der Waals surface area contributed by atoms with E-state index in [-0.39, 0.29) is 6.61 Å². The smallest absolute Gasteiger partial charge is 0.100 e. The van der Waals surface area contributed by atoms with E-state index in [9.17, 15) is 5.11 Å². The van der Waals surface area contributed by atoms with Crippen LogP contribution in [0.1, 0.15) is 16.0 Å². The van der Waals surface area contributed by atoms with Crippen LogP contribution in [0.3, 0.4) is 0 Å². The van der Waals surface area contributed by atoms with E-state index in [1.165, 1.54) is 10.4 Å². The maximum absolute atomic E-state index is 9.17. The summed E-state index contributed by atoms with van der Waals surface area (Å²) in [4.78, 5) is 3.39. The number of aliphatic hydroxyl groups excluding tert-OH is 1. The van der Waals surface area contributed by atoms with E-state index in [0.717, 1.165) is 25.1 Å². The summed E-state index contributed by atoms with van der Waals surface area (Å²) in [7, 11) is 0. The fourth-order valence-corrected chi connectivity index (χ4v) is 2.94. The minimum Gasteiger partial charge on any atom is -0.395 e. The largest absolute Gasteiger partial charge is 0.395 e. The Morgan fingerprint density at radius 2 is 2.00 bits per heavy atom. The van der Waals surface area contributed by atoms with Gasteiger partial charge in [-0.05, 0) is 18.1 Å². The average Bonchev–Trinajstić information content (AvgIpc) is 2.94. The number of benzene rings is 1. The van der Waals surface area contributed by atoms with Crippen molar-refractivity contribution in [3.63, 3.8) is 0 Å². The molecule has 0 aliphatic rings. The SMILES string of the molecule is N#Cc1csc(CN(CCO)CCc2ccccc2)c1. The van der Waals surface area contributed by atoms with Gasteiger partial charge in [-0.25, -0.2) is 0 Å². The van der Waals surface area contributed by atoms with Crippen LogP contribution in [0.5, 0.6) is 0 Å². The first-order chi connectivity index (χ1) is 9.81. The van der Waals surface area contributed by atoms with Gasteiger partial charge in [0, 0.05) is 29.9 Å². The summed E-state index contributed by atoms with van der Waals surface area (Å²) in [6.07, 6.45) is 0.970. The first-order valence-corrected chi connectivity index (χ1v) is 7.54. The van der Waals surface area contributed by atoms with Crippen molar-refractivity contribution < 1.29 is 5.11 Å². The summed E-state index contributed by atoms with van der Waals surface area (Å²) >= 11 is 1.60. The molecule has 0 saturated carbocycles. The highest BCUT2D eigenvalue weighted by Gasteiger charge is 2.08. The second-order valence-electron chi connectivity index (χ2n) is 4.65. The second kappa shape index (κ2) is 7.81. The zero-order chi connectivity index (χ0) is 14.2. The third-order valence-corrected chi connectivity index (χ3v) is 4.06. The second-order valence-corrected chi connectivity index (χ2v) is 5.64. The summed E-state index contributed by atoms with van der Waals surface area (Å²) < 4.78 is 0. The average molecular weight is 286 g/mol. The van der Waals surface area contributed by atoms with Crippen molar-refractivity contribution in [1.82, 2.24) is 4.90 Å². The molecule has 0 saturated heterocycles. The molecule has 0 amide bonds. The number of rotatable bonds is 7. The molecule has 4 heteroatoms. The molecule has 3 nitrogen and oxygen atoms in total. The number of thiophene rings is 1. The number of nitriles is 1. The van der Waals surface area contributed by atoms with Gasteiger partial charge in [0.05, 0.1) is 12.2 Å². The van der Waals surface area contributed by atoms with Crippen LogP contribution in [0.25, 0.3) is 0 Å². The third kappa shape index (κ3) is 4.46. The molecule has 1 aromatic heterocycles. The van der Waals surface area contributed by atoms with Gasteiger partial charge in [-0.15, -0.1) is 11.3 Å². The van der Waals surface area contributed by atoms with Gasteiger partial charge in [0.25, 0.3) is 0 Å². The van der Waals surface area contributed by atoms with E-state index < -0.39 is 0 Å². The van der Waals surface area contributed by atoms with E-state index in [2.05, 4.69) is 23.1 Å². The fourth-order valence-electron chi connectivity index (χ4n) is 2.09. The molecule has 0 unspecified atom stereocenters. The number of aliphatic hydroxyl groups is 1. The lowest BCUT2D eigenvalue weighted by atomic mass is 10.1. The van der Waals surface area contributed by atoms with Crippen LogP contribution < -0.4 is 0 Å². The number of nitrogens with zero attached hydrogens (tertiary/aromatic N) is 2. The maximum atomic E-state index is 9.17. The van der Waals surface area contributed by atoms with Crippen molar-refractivity contribution >= 4 is 11.3 Å². The van der Waals surface area contributed by atoms with Crippen LogP contribution >= 0.6 is 11.3 Å². The van der Waals surface area contributed by atoms with Crippen molar-refractivity contribution in [2.75, 3.05) is 19.7 Å². The first-order valence-electron chi connectivity index (χ1n) is 6.66. The van der Waals surface area contributed by atoms with Crippen molar-refractivity contribution in [2.24, 2.45) is 0 Å². The van der Waals surface area contributed by atoms with Gasteiger partial charge in [0.15, 0.2) is 0 Å². The third-order valence-electron chi connectivity index (χ3n) is 3.14. The lowest BCUT2D eigenvalue weighted by Gasteiger charge is -2.20. The molecule has 0 fully saturated rings. The minimum absolute atomic E-state index is 0.158. The molecule has 0 radical (unpaired) electrons. The van der Waals surface area contributed by atoms with E-state index in [0.29, 0.717) is 6.54 Å². The van der Waals surface area contributed by atoms with Gasteiger partial charge < -0.3 is 5.11 Å². The molecular formula is C16H18N2OS. The minimum atomic E-state index is 0.158. The van der Waals surface area contributed by atoms with Crippen LogP contribution in [0, 0.1) is 11.3 Å². The molecule has 0 atom stereocenters. The molecule has 0 aliphatic carbocycles. The molecule has 2 rings (SSSR count). The van der Waals surface area contributed by atoms with Crippen LogP contribution in [-0.2, 0) is 13.0 Å². The highest BCUT2D eigenvalue weighted by molar-refractivity contribution is 7.10. The Hall–Kier alpha value is -1.67. The molecule has 0 aliphatic heterocycles. The van der Waals surface area contributed by atoms with Gasteiger partial charge in [-0.1, -0.05) is 30.3 Å². The van der Waals surface area contributed by atoms with Crippen LogP contribution in [0.2, 0.25) is 0 Å². The number of hydrogen-bond donors (Lipinski definition) is 1. The predicted molar refractivity (Wildman–Crippen MR) is 81.5 cm³/mol. The Balaban J connectivity index is 1.91. The summed E-state index contributed by atoms with van der Waals surface area (Å²) in [5, 5.41) is 19.9. The molecular weight excluding hydrogens is 268 g/mol. The summed E-state index contributed by atoms with van der Waals surface area (Å²) in [6.45, 7) is 2.52. The monoisotopic (exact) mass is 286 g/mol. The van der Waals surface area contributed by atoms with Gasteiger partial charge in [0.1, 0.15) is 6.07 Å². The van der Waals surface area contributed by atoms with E-state index >= 15 is 0 Å². The normalized spacial score (nSPS) is 10.7. The van der Waals surface area contributed by atoms with Crippen LogP contribution in [0.4, 0.5) is 0 Å². The van der Waals surface area contributed by atoms with Crippen molar-refractivity contribution in [2.45, 2.75) is 13.0 Å². The van der Waals surface area contributed by atoms with E-state index in [1.807, 2.05) is 29.6 Å². The molecule has 0 bridgehead atoms. The Labute approximate surface area is 123 Å². The van der Waals surface area contributed by atoms with E-state index in [1.54, 1.807) is 11.3 Å². The highest BCUT2D eigenvalue weighted by Crippen LogP contribution is 2.16. The lowest BCUT2D eigenvalue weighted by molar-refractivity contribution is 0.192. The van der Waals surface area contributed by atoms with Crippen molar-refractivity contribution in [1.29, 1.82) is 5.26 Å². The van der Waals surface area contributed by atoms with Crippen molar-refractivity contribution in [3.05, 3.63) is 57.8 Å². The Bertz CT molecular complexity index is 559. The maximum Gasteiger partial charge on any atom is 0.100 e. The Kier molecular flexibility index (Phi) is 5.75. The van der Waals surface area contributed by atoms with Crippen molar-refractivity contribution in [3.8, 4) is 6.07 Å². The first kappa shape index (κ1) is 14.7. The molecule has 104 valence electrons. The topological polar surface area (TPSA) is 47.3 Å². The summed E-state index contributed by atoms with van der Waals surface area (Å²) in [6, 6.07) is 14.4.